The number of fused-ring (bicyclic) bond motifs is 3. The van der Waals surface area contributed by atoms with Crippen molar-refractivity contribution in [2.75, 3.05) is 0 Å². The molecule has 0 saturated carbocycles. The molecule has 4 nitrogen and oxygen atoms in total. The van der Waals surface area contributed by atoms with Crippen molar-refractivity contribution in [3.05, 3.63) is 121 Å². The van der Waals surface area contributed by atoms with Crippen molar-refractivity contribution in [1.29, 1.82) is 0 Å². The second-order valence-corrected chi connectivity index (χ2v) is 11.8. The fourth-order valence-electron chi connectivity index (χ4n) is 4.79. The van der Waals surface area contributed by atoms with Gasteiger partial charge in [0.2, 0.25) is 0 Å². The predicted octanol–water partition coefficient (Wildman–Crippen LogP) is 5.23. The lowest BCUT2D eigenvalue weighted by Gasteiger charge is -2.30. The average Bonchev–Trinajstić information content (AvgIpc) is 3.16. The van der Waals surface area contributed by atoms with Crippen molar-refractivity contribution in [3.63, 3.8) is 0 Å². The Kier molecular flexibility index (Phi) is 5.73. The fourth-order valence-corrected chi connectivity index (χ4v) is 7.68. The van der Waals surface area contributed by atoms with E-state index in [1.54, 1.807) is 6.08 Å². The summed E-state index contributed by atoms with van der Waals surface area (Å²) in [5.74, 6) is 0.194. The number of thiazole rings is 1. The molecule has 2 heterocycles. The Balaban J connectivity index is 1.64. The van der Waals surface area contributed by atoms with E-state index >= 15 is 0 Å². The molecule has 4 aromatic rings. The molecule has 2 aliphatic rings. The molecule has 1 aliphatic carbocycles. The van der Waals surface area contributed by atoms with Crippen molar-refractivity contribution in [2.45, 2.75) is 18.9 Å². The van der Waals surface area contributed by atoms with Gasteiger partial charge in [-0.1, -0.05) is 65.9 Å². The number of halogens is 2. The van der Waals surface area contributed by atoms with E-state index in [4.69, 9.17) is 4.99 Å². The number of phenols is 1. The van der Waals surface area contributed by atoms with E-state index in [0.29, 0.717) is 14.9 Å². The average molecular weight is 688 g/mol. The van der Waals surface area contributed by atoms with Crippen LogP contribution >= 0.6 is 56.5 Å². The maximum atomic E-state index is 13.8. The molecule has 0 unspecified atom stereocenters. The highest BCUT2D eigenvalue weighted by Gasteiger charge is 2.32. The van der Waals surface area contributed by atoms with Gasteiger partial charge < -0.3 is 5.11 Å². The van der Waals surface area contributed by atoms with Gasteiger partial charge in [-0.25, -0.2) is 4.99 Å². The predicted molar refractivity (Wildman–Crippen MR) is 153 cm³/mol. The van der Waals surface area contributed by atoms with E-state index in [1.807, 2.05) is 34.9 Å². The van der Waals surface area contributed by atoms with Crippen LogP contribution in [0.15, 0.2) is 82.1 Å². The first-order valence-corrected chi connectivity index (χ1v) is 13.8. The molecule has 6 rings (SSSR count). The van der Waals surface area contributed by atoms with E-state index in [1.165, 1.54) is 22.5 Å². The molecular weight excluding hydrogens is 670 g/mol. The molecule has 34 heavy (non-hydrogen) atoms. The summed E-state index contributed by atoms with van der Waals surface area (Å²) in [6, 6.07) is 22.3. The van der Waals surface area contributed by atoms with E-state index in [-0.39, 0.29) is 17.4 Å². The van der Waals surface area contributed by atoms with Gasteiger partial charge in [-0.05, 0) is 92.9 Å². The summed E-state index contributed by atoms with van der Waals surface area (Å²) in [6.07, 6.45) is 3.60. The van der Waals surface area contributed by atoms with Gasteiger partial charge in [0.05, 0.1) is 19.8 Å². The smallest absolute Gasteiger partial charge is 0.271 e. The number of aromatic hydroxyl groups is 1. The number of hydrogen-bond donors (Lipinski definition) is 1. The van der Waals surface area contributed by atoms with Crippen molar-refractivity contribution >= 4 is 68.3 Å². The molecule has 0 spiro atoms. The monoisotopic (exact) mass is 688 g/mol. The van der Waals surface area contributed by atoms with Gasteiger partial charge in [-0.3, -0.25) is 9.36 Å². The van der Waals surface area contributed by atoms with E-state index < -0.39 is 0 Å². The fraction of sp³-hybridized carbons (Fsp3) is 0.111. The number of phenolic OH excluding ortho intramolecular Hbond substituents is 1. The maximum Gasteiger partial charge on any atom is 0.271 e. The Hall–Kier alpha value is -2.24. The number of benzene rings is 3. The number of allylic oxidation sites excluding steroid dienone is 1. The Morgan fingerprint density at radius 1 is 1.03 bits per heavy atom. The molecule has 0 fully saturated rings. The molecule has 1 N–H and O–H groups in total. The van der Waals surface area contributed by atoms with Crippen LogP contribution < -0.4 is 14.9 Å². The van der Waals surface area contributed by atoms with Crippen LogP contribution in [0.2, 0.25) is 0 Å². The molecular formula is C27H18I2N2O2S. The molecule has 7 heteroatoms. The Morgan fingerprint density at radius 2 is 1.79 bits per heavy atom. The maximum absolute atomic E-state index is 13.8. The molecule has 0 amide bonds. The highest BCUT2D eigenvalue weighted by molar-refractivity contribution is 14.1. The lowest BCUT2D eigenvalue weighted by Crippen LogP contribution is -2.38. The molecule has 1 atom stereocenters. The van der Waals surface area contributed by atoms with Crippen LogP contribution in [0.4, 0.5) is 0 Å². The number of aromatic nitrogens is 1. The highest BCUT2D eigenvalue weighted by atomic mass is 127. The van der Waals surface area contributed by atoms with Gasteiger partial charge in [0.15, 0.2) is 4.80 Å². The summed E-state index contributed by atoms with van der Waals surface area (Å²) in [4.78, 5) is 19.5. The second kappa shape index (κ2) is 8.76. The van der Waals surface area contributed by atoms with Crippen molar-refractivity contribution in [3.8, 4) is 5.75 Å². The zero-order chi connectivity index (χ0) is 23.4. The van der Waals surface area contributed by atoms with Crippen molar-refractivity contribution in [2.24, 2.45) is 4.99 Å². The molecule has 0 saturated heterocycles. The summed E-state index contributed by atoms with van der Waals surface area (Å²) >= 11 is 5.73. The Morgan fingerprint density at radius 3 is 2.62 bits per heavy atom. The Labute approximate surface area is 227 Å². The number of aryl methyl sites for hydroxylation is 1. The van der Waals surface area contributed by atoms with Crippen molar-refractivity contribution in [1.82, 2.24) is 4.57 Å². The molecule has 1 aromatic heterocycles. The van der Waals surface area contributed by atoms with Gasteiger partial charge in [0.1, 0.15) is 5.75 Å². The summed E-state index contributed by atoms with van der Waals surface area (Å²) in [5.41, 5.74) is 6.30. The summed E-state index contributed by atoms with van der Waals surface area (Å²) < 4.78 is 4.18. The highest BCUT2D eigenvalue weighted by Crippen LogP contribution is 2.41. The minimum atomic E-state index is -0.187. The second-order valence-electron chi connectivity index (χ2n) is 8.35. The van der Waals surface area contributed by atoms with Crippen LogP contribution in [0.25, 0.3) is 11.8 Å². The lowest BCUT2D eigenvalue weighted by atomic mass is 9.83. The first kappa shape index (κ1) is 22.2. The zero-order valence-corrected chi connectivity index (χ0v) is 23.0. The third kappa shape index (κ3) is 3.68. The Bertz CT molecular complexity index is 1670. The van der Waals surface area contributed by atoms with Gasteiger partial charge in [-0.2, -0.15) is 0 Å². The molecule has 0 bridgehead atoms. The molecule has 0 radical (unpaired) electrons. The SMILES string of the molecule is O=c1/c(=C\c2cc(I)cc(I)c2O)sc2n1[C@H](c1ccccc1)C1=C(N=2)c2ccccc2CC1. The first-order chi connectivity index (χ1) is 16.5. The first-order valence-electron chi connectivity index (χ1n) is 10.9. The summed E-state index contributed by atoms with van der Waals surface area (Å²) in [5, 5.41) is 10.6. The minimum Gasteiger partial charge on any atom is -0.506 e. The lowest BCUT2D eigenvalue weighted by molar-refractivity contribution is 0.470. The van der Waals surface area contributed by atoms with E-state index in [2.05, 4.69) is 81.6 Å². The van der Waals surface area contributed by atoms with Crippen LogP contribution in [0.1, 0.15) is 34.7 Å². The van der Waals surface area contributed by atoms with E-state index in [0.717, 1.165) is 36.8 Å². The zero-order valence-electron chi connectivity index (χ0n) is 17.8. The third-order valence-electron chi connectivity index (χ3n) is 6.33. The molecule has 1 aliphatic heterocycles. The quantitative estimate of drug-likeness (QED) is 0.294. The van der Waals surface area contributed by atoms with Crippen LogP contribution in [0.5, 0.6) is 5.75 Å². The minimum absolute atomic E-state index is 0.0729. The normalized spacial score (nSPS) is 17.1. The van der Waals surface area contributed by atoms with E-state index in [9.17, 15) is 9.90 Å². The van der Waals surface area contributed by atoms with Crippen LogP contribution in [0, 0.1) is 7.14 Å². The molecule has 168 valence electrons. The molecule has 3 aromatic carbocycles. The van der Waals surface area contributed by atoms with Crippen LogP contribution in [-0.4, -0.2) is 9.67 Å². The van der Waals surface area contributed by atoms with Gasteiger partial charge in [0, 0.05) is 14.7 Å². The third-order valence-corrected chi connectivity index (χ3v) is 8.76. The number of hydrogen-bond acceptors (Lipinski definition) is 4. The number of rotatable bonds is 2. The largest absolute Gasteiger partial charge is 0.506 e. The number of nitrogens with zero attached hydrogens (tertiary/aromatic N) is 2. The van der Waals surface area contributed by atoms with Gasteiger partial charge in [0.25, 0.3) is 5.56 Å². The topological polar surface area (TPSA) is 54.6 Å². The van der Waals surface area contributed by atoms with Crippen molar-refractivity contribution < 1.29 is 5.11 Å². The summed E-state index contributed by atoms with van der Waals surface area (Å²) in [6.45, 7) is 0. The van der Waals surface area contributed by atoms with Gasteiger partial charge >= 0.3 is 0 Å². The van der Waals surface area contributed by atoms with Crippen LogP contribution in [0.3, 0.4) is 0 Å². The summed E-state index contributed by atoms with van der Waals surface area (Å²) in [7, 11) is 0. The standard InChI is InChI=1S/C27H18I2N2O2S/c28-18-12-17(25(32)21(29)14-18)13-22-26(33)31-24(16-7-2-1-3-8-16)20-11-10-15-6-4-5-9-19(15)23(20)30-27(31)34-22/h1-9,12-14,24,32H,10-11H2/b22-13+/t24-/m1/s1. The van der Waals surface area contributed by atoms with Crippen LogP contribution in [-0.2, 0) is 6.42 Å². The van der Waals surface area contributed by atoms with Gasteiger partial charge in [-0.15, -0.1) is 0 Å².